The van der Waals surface area contributed by atoms with Crippen LogP contribution in [0.15, 0.2) is 95.8 Å². The van der Waals surface area contributed by atoms with Crippen LogP contribution in [-0.4, -0.2) is 83.0 Å². The van der Waals surface area contributed by atoms with Crippen molar-refractivity contribution >= 4 is 53.1 Å². The zero-order valence-electron chi connectivity index (χ0n) is 46.8. The number of hydrogen-bond acceptors (Lipinski definition) is 11. The van der Waals surface area contributed by atoms with Gasteiger partial charge < -0.3 is 19.5 Å². The highest BCUT2D eigenvalue weighted by Gasteiger charge is 2.68. The van der Waals surface area contributed by atoms with Gasteiger partial charge >= 0.3 is 19.3 Å². The first kappa shape index (κ1) is 66.1. The molecule has 7 aliphatic rings. The monoisotopic (exact) mass is 1110 g/mol. The standard InChI is InChI=1S/C20H24N2O.C14H20N2O2.C11H15ClO2.C8H16N2O2.C6H7BO2.3CH4/c1-19(2)15-11-12-20(19,3)17-16(15)18(23)22(21(17)14-9-10-14)13-7-5-4-6-8-13;1-14(2,3)18-13(17)16(12-9-10-12)15-11-7-5-4-6-8-11;1-10(2)6-4-5-11(10,3)8(13)7(6)9(12)14;1-8(2,3)12-7(11)10(9)6-4-5-6;8-7(9)6-4-2-1-3-5-6;;;/h4-8,14-15H,9-12H2,1-3H3;4-8,12,15H,9-10H2,1-3H3;6-7H,4-5H2,1-3H3;6H,4-5,9H2,1-3H3;1-5,8-9H;3*1H4/t15-,20+;;6-,7?,11+;;;;;/m1.1...../s1. The highest BCUT2D eigenvalue weighted by molar-refractivity contribution is 6.65. The second kappa shape index (κ2) is 25.2. The maximum absolute atomic E-state index is 13.4. The minimum atomic E-state index is -1.34. The van der Waals surface area contributed by atoms with Crippen LogP contribution >= 0.6 is 11.6 Å². The molecule has 11 rings (SSSR count). The number of hydrogen-bond donors (Lipinski definition) is 4. The molecule has 5 N–H and O–H groups in total. The average molecular weight is 1110 g/mol. The van der Waals surface area contributed by atoms with Crippen molar-refractivity contribution in [3.05, 3.63) is 113 Å². The number of nitrogens with one attached hydrogen (secondary N) is 1. The largest absolute Gasteiger partial charge is 0.488 e. The molecule has 0 aliphatic heterocycles. The van der Waals surface area contributed by atoms with Gasteiger partial charge in [-0.1, -0.05) is 131 Å². The maximum Gasteiger partial charge on any atom is 0.488 e. The van der Waals surface area contributed by atoms with Crippen molar-refractivity contribution in [3.8, 4) is 5.69 Å². The summed E-state index contributed by atoms with van der Waals surface area (Å²) in [5.74, 6) is 5.60. The molecule has 1 aromatic heterocycles. The summed E-state index contributed by atoms with van der Waals surface area (Å²) < 4.78 is 14.8. The molecule has 4 aromatic rings. The van der Waals surface area contributed by atoms with Crippen molar-refractivity contribution < 1.29 is 38.7 Å². The van der Waals surface area contributed by atoms with Crippen LogP contribution in [0, 0.1) is 28.1 Å². The molecule has 5 atom stereocenters. The molecule has 436 valence electrons. The zero-order chi connectivity index (χ0) is 55.9. The number of anilines is 1. The summed E-state index contributed by atoms with van der Waals surface area (Å²) in [4.78, 5) is 59.9. The summed E-state index contributed by atoms with van der Waals surface area (Å²) in [6.45, 7) is 24.4. The lowest BCUT2D eigenvalue weighted by Crippen LogP contribution is -2.42. The van der Waals surface area contributed by atoms with E-state index in [1.165, 1.54) is 30.0 Å². The predicted octanol–water partition coefficient (Wildman–Crippen LogP) is 12.5. The summed E-state index contributed by atoms with van der Waals surface area (Å²) >= 11 is 5.50. The Balaban J connectivity index is 0.000000218. The molecule has 6 saturated carbocycles. The maximum atomic E-state index is 13.4. The normalized spacial score (nSPS) is 23.9. The first-order valence-electron chi connectivity index (χ1n) is 27.1. The Morgan fingerprint density at radius 2 is 1.15 bits per heavy atom. The van der Waals surface area contributed by atoms with Crippen LogP contribution in [0.1, 0.15) is 193 Å². The number of halogens is 1. The summed E-state index contributed by atoms with van der Waals surface area (Å²) in [5, 5.41) is 19.5. The molecular weight excluding hydrogens is 1020 g/mol. The van der Waals surface area contributed by atoms with E-state index in [1.54, 1.807) is 29.3 Å². The highest BCUT2D eigenvalue weighted by atomic mass is 35.5. The topological polar surface area (TPSA) is 199 Å². The minimum absolute atomic E-state index is 0. The summed E-state index contributed by atoms with van der Waals surface area (Å²) in [7, 11) is -1.34. The number of ether oxygens (including phenoxy) is 2. The van der Waals surface area contributed by atoms with Crippen LogP contribution in [0.4, 0.5) is 15.3 Å². The van der Waals surface area contributed by atoms with Gasteiger partial charge in [-0.25, -0.2) is 30.1 Å². The Hall–Kier alpha value is -5.42. The Labute approximate surface area is 477 Å². The van der Waals surface area contributed by atoms with E-state index in [2.05, 4.69) is 56.9 Å². The Morgan fingerprint density at radius 3 is 1.57 bits per heavy atom. The van der Waals surface area contributed by atoms with Crippen molar-refractivity contribution in [1.29, 1.82) is 0 Å². The number of nitrogens with two attached hydrogens (primary N) is 1. The molecule has 1 heterocycles. The number of Topliss-reactive ketones (excluding diaryl/α,β-unsaturated/α-hetero) is 1. The van der Waals surface area contributed by atoms with Gasteiger partial charge in [0.2, 0.25) is 5.24 Å². The zero-order valence-corrected chi connectivity index (χ0v) is 47.5. The van der Waals surface area contributed by atoms with Gasteiger partial charge in [-0.3, -0.25) is 24.5 Å². The van der Waals surface area contributed by atoms with Crippen LogP contribution in [-0.2, 0) is 24.5 Å². The van der Waals surface area contributed by atoms with Crippen LogP contribution in [0.25, 0.3) is 5.69 Å². The van der Waals surface area contributed by atoms with Crippen LogP contribution < -0.4 is 22.3 Å². The fourth-order valence-corrected chi connectivity index (χ4v) is 11.9. The third-order valence-corrected chi connectivity index (χ3v) is 17.3. The Kier molecular flexibility index (Phi) is 21.1. The van der Waals surface area contributed by atoms with E-state index in [0.29, 0.717) is 17.4 Å². The second-order valence-electron chi connectivity index (χ2n) is 25.2. The van der Waals surface area contributed by atoms with E-state index in [0.717, 1.165) is 61.9 Å². The van der Waals surface area contributed by atoms with Crippen LogP contribution in [0.3, 0.4) is 0 Å². The average Bonchev–Trinajstić information content (AvgIpc) is 4.39. The molecule has 15 nitrogen and oxygen atoms in total. The van der Waals surface area contributed by atoms with Gasteiger partial charge in [0.15, 0.2) is 5.78 Å². The van der Waals surface area contributed by atoms with Gasteiger partial charge in [-0.05, 0) is 170 Å². The molecule has 4 bridgehead atoms. The lowest BCUT2D eigenvalue weighted by molar-refractivity contribution is -0.135. The number of fused-ring (bicyclic) bond motifs is 7. The molecule has 0 spiro atoms. The summed E-state index contributed by atoms with van der Waals surface area (Å²) in [6, 6.07) is 29.5. The Morgan fingerprint density at radius 1 is 0.671 bits per heavy atom. The SMILES string of the molecule is C.C.C.CC(C)(C)OC(=O)N(N)C1CC1.CC(C)(C)OC(=O)N(Nc1ccccc1)C1CC1.CC1(C)[C@@H]2CC[C@@]1(C)C(=O)C2C(=O)Cl.CC1(C)[C@@H]2CC[C@@]1(C)c1c2c(=O)n(-c2ccccc2)n1C1CC1.OB(O)c1ccccc1. The number of hydrazine groups is 2. The fraction of sp³-hybridized carbons (Fsp3) is 0.597. The van der Waals surface area contributed by atoms with Gasteiger partial charge in [0.1, 0.15) is 11.2 Å². The van der Waals surface area contributed by atoms with Gasteiger partial charge in [-0.15, -0.1) is 0 Å². The number of ketones is 1. The van der Waals surface area contributed by atoms with Gasteiger partial charge in [-0.2, -0.15) is 0 Å². The molecule has 2 amide bonds. The van der Waals surface area contributed by atoms with Crippen LogP contribution in [0.5, 0.6) is 0 Å². The lowest BCUT2D eigenvalue weighted by atomic mass is 9.70. The fourth-order valence-electron chi connectivity index (χ4n) is 11.7. The van der Waals surface area contributed by atoms with Crippen molar-refractivity contribution in [2.45, 2.75) is 210 Å². The summed E-state index contributed by atoms with van der Waals surface area (Å²) in [5.41, 5.74) is 7.29. The molecule has 0 saturated heterocycles. The van der Waals surface area contributed by atoms with E-state index in [9.17, 15) is 24.0 Å². The molecule has 6 fully saturated rings. The first-order valence-corrected chi connectivity index (χ1v) is 27.5. The third-order valence-electron chi connectivity index (χ3n) is 17.1. The van der Waals surface area contributed by atoms with E-state index in [1.807, 2.05) is 108 Å². The van der Waals surface area contributed by atoms with E-state index < -0.39 is 35.6 Å². The number of rotatable bonds is 8. The number of carbonyl (C=O) groups is 4. The van der Waals surface area contributed by atoms with Crippen molar-refractivity contribution in [2.75, 3.05) is 5.43 Å². The number of para-hydroxylation sites is 2. The highest BCUT2D eigenvalue weighted by Crippen LogP contribution is 2.68. The van der Waals surface area contributed by atoms with Crippen LogP contribution in [0.2, 0.25) is 0 Å². The number of carbonyl (C=O) groups excluding carboxylic acids is 4. The van der Waals surface area contributed by atoms with Crippen molar-refractivity contribution in [2.24, 2.45) is 33.9 Å². The predicted molar refractivity (Wildman–Crippen MR) is 318 cm³/mol. The van der Waals surface area contributed by atoms with Gasteiger partial charge in [0.25, 0.3) is 5.56 Å². The number of aromatic nitrogens is 2. The lowest BCUT2D eigenvalue weighted by Gasteiger charge is -2.36. The molecule has 3 aromatic carbocycles. The van der Waals surface area contributed by atoms with E-state index >= 15 is 0 Å². The number of nitrogens with zero attached hydrogens (tertiary/aromatic N) is 4. The molecule has 7 aliphatic carbocycles. The summed E-state index contributed by atoms with van der Waals surface area (Å²) in [6.07, 6.45) is 9.95. The Bertz CT molecular complexity index is 2760. The smallest absolute Gasteiger partial charge is 0.443 e. The van der Waals surface area contributed by atoms with Crippen molar-refractivity contribution in [1.82, 2.24) is 19.4 Å². The first-order chi connectivity index (χ1) is 35.4. The number of amides is 2. The minimum Gasteiger partial charge on any atom is -0.443 e. The van der Waals surface area contributed by atoms with E-state index in [-0.39, 0.29) is 79.4 Å². The second-order valence-corrected chi connectivity index (χ2v) is 25.6. The number of benzene rings is 3. The van der Waals surface area contributed by atoms with Gasteiger partial charge in [0.05, 0.1) is 41.1 Å². The molecule has 1 unspecified atom stereocenters. The molecular formula is C62H94BClN6O9. The molecule has 0 radical (unpaired) electrons. The molecule has 17 heteroatoms. The third kappa shape index (κ3) is 14.2. The van der Waals surface area contributed by atoms with Gasteiger partial charge in [0, 0.05) is 16.4 Å². The van der Waals surface area contributed by atoms with Crippen molar-refractivity contribution in [3.63, 3.8) is 0 Å². The molecule has 79 heavy (non-hydrogen) atoms. The quantitative estimate of drug-likeness (QED) is 0.0327. The van der Waals surface area contributed by atoms with E-state index in [4.69, 9.17) is 37.0 Å².